The van der Waals surface area contributed by atoms with Gasteiger partial charge >= 0.3 is 0 Å². The highest BCUT2D eigenvalue weighted by Gasteiger charge is 2.02. The summed E-state index contributed by atoms with van der Waals surface area (Å²) in [6.45, 7) is 5.98. The van der Waals surface area contributed by atoms with Crippen LogP contribution in [0.5, 0.6) is 0 Å². The van der Waals surface area contributed by atoms with Gasteiger partial charge in [-0.15, -0.1) is 0 Å². The van der Waals surface area contributed by atoms with Crippen molar-refractivity contribution < 1.29 is 4.79 Å². The van der Waals surface area contributed by atoms with Crippen molar-refractivity contribution in [2.24, 2.45) is 0 Å². The molecule has 2 nitrogen and oxygen atoms in total. The lowest BCUT2D eigenvalue weighted by Crippen LogP contribution is -2.14. The van der Waals surface area contributed by atoms with Crippen LogP contribution < -0.4 is 5.32 Å². The molecule has 0 saturated carbocycles. The fourth-order valence-corrected chi connectivity index (χ4v) is 1.67. The van der Waals surface area contributed by atoms with E-state index in [2.05, 4.69) is 19.2 Å². The van der Waals surface area contributed by atoms with E-state index in [-0.39, 0.29) is 5.78 Å². The Hall–Kier alpha value is -1.31. The van der Waals surface area contributed by atoms with Crippen LogP contribution in [0.2, 0.25) is 0 Å². The molecule has 0 heterocycles. The maximum absolute atomic E-state index is 11.1. The maximum Gasteiger partial charge on any atom is 0.159 e. The van der Waals surface area contributed by atoms with Crippen molar-refractivity contribution >= 4 is 11.5 Å². The number of Topliss-reactive ketones (excluding diaryl/α,β-unsaturated/α-hetero) is 1. The summed E-state index contributed by atoms with van der Waals surface area (Å²) in [4.78, 5) is 11.1. The van der Waals surface area contributed by atoms with E-state index in [1.807, 2.05) is 24.3 Å². The smallest absolute Gasteiger partial charge is 0.159 e. The lowest BCUT2D eigenvalue weighted by atomic mass is 10.1. The van der Waals surface area contributed by atoms with E-state index in [0.717, 1.165) is 11.3 Å². The Morgan fingerprint density at radius 1 is 1.31 bits per heavy atom. The minimum atomic E-state index is 0.116. The van der Waals surface area contributed by atoms with Gasteiger partial charge in [0, 0.05) is 17.3 Å². The zero-order chi connectivity index (χ0) is 12.0. The molecule has 16 heavy (non-hydrogen) atoms. The molecule has 1 unspecified atom stereocenters. The zero-order valence-electron chi connectivity index (χ0n) is 10.4. The van der Waals surface area contributed by atoms with Crippen LogP contribution in [0, 0.1) is 0 Å². The number of anilines is 1. The molecule has 88 valence electrons. The number of hydrogen-bond acceptors (Lipinski definition) is 2. The van der Waals surface area contributed by atoms with Crippen molar-refractivity contribution in [3.05, 3.63) is 29.8 Å². The van der Waals surface area contributed by atoms with Crippen LogP contribution in [0.4, 0.5) is 5.69 Å². The van der Waals surface area contributed by atoms with Crippen molar-refractivity contribution in [3.63, 3.8) is 0 Å². The predicted molar refractivity (Wildman–Crippen MR) is 69.1 cm³/mol. The lowest BCUT2D eigenvalue weighted by Gasteiger charge is -2.14. The Kier molecular flexibility index (Phi) is 5.03. The molecule has 0 saturated heterocycles. The molecule has 0 bridgehead atoms. The van der Waals surface area contributed by atoms with Crippen LogP contribution in [-0.4, -0.2) is 11.8 Å². The summed E-state index contributed by atoms with van der Waals surface area (Å²) in [6.07, 6.45) is 3.67. The van der Waals surface area contributed by atoms with Crippen molar-refractivity contribution in [1.29, 1.82) is 0 Å². The fourth-order valence-electron chi connectivity index (χ4n) is 1.67. The minimum Gasteiger partial charge on any atom is -0.383 e. The summed E-state index contributed by atoms with van der Waals surface area (Å²) in [5.41, 5.74) is 1.86. The molecular weight excluding hydrogens is 198 g/mol. The first-order valence-electron chi connectivity index (χ1n) is 6.01. The third-order valence-electron chi connectivity index (χ3n) is 2.70. The summed E-state index contributed by atoms with van der Waals surface area (Å²) < 4.78 is 0. The molecule has 0 spiro atoms. The van der Waals surface area contributed by atoms with Gasteiger partial charge in [0.1, 0.15) is 0 Å². The number of carbonyl (C=O) groups is 1. The van der Waals surface area contributed by atoms with Crippen LogP contribution in [0.25, 0.3) is 0 Å². The van der Waals surface area contributed by atoms with E-state index in [0.29, 0.717) is 6.04 Å². The second kappa shape index (κ2) is 6.31. The Morgan fingerprint density at radius 3 is 2.44 bits per heavy atom. The van der Waals surface area contributed by atoms with Crippen LogP contribution in [-0.2, 0) is 0 Å². The summed E-state index contributed by atoms with van der Waals surface area (Å²) in [5.74, 6) is 0.116. The predicted octanol–water partition coefficient (Wildman–Crippen LogP) is 3.88. The molecule has 1 atom stereocenters. The molecule has 1 N–H and O–H groups in total. The molecule has 0 aliphatic rings. The first-order valence-corrected chi connectivity index (χ1v) is 6.01. The molecular formula is C14H21NO. The van der Waals surface area contributed by atoms with Gasteiger partial charge in [-0.3, -0.25) is 4.79 Å². The van der Waals surface area contributed by atoms with Gasteiger partial charge in [-0.25, -0.2) is 0 Å². The van der Waals surface area contributed by atoms with Crippen molar-refractivity contribution in [3.8, 4) is 0 Å². The van der Waals surface area contributed by atoms with Gasteiger partial charge in [0.15, 0.2) is 5.78 Å². The number of nitrogens with one attached hydrogen (secondary N) is 1. The standard InChI is InChI=1S/C14H21NO/c1-4-5-6-11(2)15-14-9-7-13(8-10-14)12(3)16/h7-11,15H,4-6H2,1-3H3. The summed E-state index contributed by atoms with van der Waals surface area (Å²) >= 11 is 0. The molecule has 1 aromatic carbocycles. The van der Waals surface area contributed by atoms with Crippen molar-refractivity contribution in [2.45, 2.75) is 46.1 Å². The number of rotatable bonds is 6. The highest BCUT2D eigenvalue weighted by molar-refractivity contribution is 5.94. The largest absolute Gasteiger partial charge is 0.383 e. The number of ketones is 1. The Labute approximate surface area is 98.1 Å². The normalized spacial score (nSPS) is 12.2. The summed E-state index contributed by atoms with van der Waals surface area (Å²) in [6, 6.07) is 8.18. The van der Waals surface area contributed by atoms with Crippen LogP contribution in [0.15, 0.2) is 24.3 Å². The van der Waals surface area contributed by atoms with Gasteiger partial charge in [0.25, 0.3) is 0 Å². The Balaban J connectivity index is 2.51. The SMILES string of the molecule is CCCCC(C)Nc1ccc(C(C)=O)cc1. The first-order chi connectivity index (χ1) is 7.63. The van der Waals surface area contributed by atoms with E-state index < -0.39 is 0 Å². The quantitative estimate of drug-likeness (QED) is 0.736. The third kappa shape index (κ3) is 4.05. The van der Waals surface area contributed by atoms with E-state index >= 15 is 0 Å². The molecule has 0 aliphatic carbocycles. The second-order valence-corrected chi connectivity index (χ2v) is 4.32. The molecule has 1 rings (SSSR count). The van der Waals surface area contributed by atoms with Gasteiger partial charge in [-0.05, 0) is 44.5 Å². The average molecular weight is 219 g/mol. The number of carbonyl (C=O) groups excluding carboxylic acids is 1. The summed E-state index contributed by atoms with van der Waals surface area (Å²) in [5, 5.41) is 3.43. The van der Waals surface area contributed by atoms with E-state index in [9.17, 15) is 4.79 Å². The van der Waals surface area contributed by atoms with E-state index in [1.54, 1.807) is 6.92 Å². The van der Waals surface area contributed by atoms with Gasteiger partial charge in [0.05, 0.1) is 0 Å². The Bertz CT molecular complexity index is 329. The highest BCUT2D eigenvalue weighted by Crippen LogP contribution is 2.13. The molecule has 0 fully saturated rings. The highest BCUT2D eigenvalue weighted by atomic mass is 16.1. The molecule has 0 amide bonds. The summed E-state index contributed by atoms with van der Waals surface area (Å²) in [7, 11) is 0. The molecule has 0 aliphatic heterocycles. The van der Waals surface area contributed by atoms with E-state index in [4.69, 9.17) is 0 Å². The molecule has 0 aromatic heterocycles. The maximum atomic E-state index is 11.1. The monoisotopic (exact) mass is 219 g/mol. The second-order valence-electron chi connectivity index (χ2n) is 4.32. The minimum absolute atomic E-state index is 0.116. The number of benzene rings is 1. The van der Waals surface area contributed by atoms with Crippen molar-refractivity contribution in [2.75, 3.05) is 5.32 Å². The third-order valence-corrected chi connectivity index (χ3v) is 2.70. The first kappa shape index (κ1) is 12.8. The number of unbranched alkanes of at least 4 members (excludes halogenated alkanes) is 1. The topological polar surface area (TPSA) is 29.1 Å². The van der Waals surface area contributed by atoms with Gasteiger partial charge in [-0.2, -0.15) is 0 Å². The van der Waals surface area contributed by atoms with Crippen LogP contribution in [0.1, 0.15) is 50.4 Å². The number of hydrogen-bond donors (Lipinski definition) is 1. The fraction of sp³-hybridized carbons (Fsp3) is 0.500. The van der Waals surface area contributed by atoms with Gasteiger partial charge in [0.2, 0.25) is 0 Å². The van der Waals surface area contributed by atoms with Crippen LogP contribution in [0.3, 0.4) is 0 Å². The zero-order valence-corrected chi connectivity index (χ0v) is 10.4. The van der Waals surface area contributed by atoms with Gasteiger partial charge in [-0.1, -0.05) is 19.8 Å². The van der Waals surface area contributed by atoms with Gasteiger partial charge < -0.3 is 5.32 Å². The average Bonchev–Trinajstić information content (AvgIpc) is 2.27. The van der Waals surface area contributed by atoms with E-state index in [1.165, 1.54) is 19.3 Å². The Morgan fingerprint density at radius 2 is 1.94 bits per heavy atom. The molecule has 1 aromatic rings. The molecule has 0 radical (unpaired) electrons. The molecule has 2 heteroatoms. The lowest BCUT2D eigenvalue weighted by molar-refractivity contribution is 0.101. The van der Waals surface area contributed by atoms with Crippen molar-refractivity contribution in [1.82, 2.24) is 0 Å². The van der Waals surface area contributed by atoms with Crippen LogP contribution >= 0.6 is 0 Å².